The van der Waals surface area contributed by atoms with Crippen molar-refractivity contribution in [2.75, 3.05) is 0 Å². The Morgan fingerprint density at radius 2 is 1.65 bits per heavy atom. The van der Waals surface area contributed by atoms with Gasteiger partial charge in [-0.05, 0) is 40.7 Å². The molecule has 0 atom stereocenters. The molecule has 1 aromatic rings. The molecule has 1 aliphatic rings. The molecule has 5 heteroatoms. The first-order valence-corrected chi connectivity index (χ1v) is 6.09. The third kappa shape index (κ3) is 2.22. The van der Waals surface area contributed by atoms with Gasteiger partial charge in [-0.3, -0.25) is 0 Å². The van der Waals surface area contributed by atoms with E-state index in [0.717, 1.165) is 11.2 Å². The summed E-state index contributed by atoms with van der Waals surface area (Å²) >= 11 is 5.84. The molecule has 0 amide bonds. The molecule has 3 nitrogen and oxygen atoms in total. The average Bonchev–Trinajstić information content (AvgIpc) is 2.35. The Labute approximate surface area is 108 Å². The third-order valence-corrected chi connectivity index (χ3v) is 3.81. The monoisotopic (exact) mass is 253 g/mol. The van der Waals surface area contributed by atoms with Crippen molar-refractivity contribution < 1.29 is 9.31 Å². The predicted molar refractivity (Wildman–Crippen MR) is 69.7 cm³/mol. The van der Waals surface area contributed by atoms with Crippen LogP contribution in [-0.2, 0) is 9.31 Å². The number of nitrogens with zero attached hydrogens (tertiary/aromatic N) is 1. The molecule has 0 aromatic carbocycles. The fourth-order valence-corrected chi connectivity index (χ4v) is 1.95. The summed E-state index contributed by atoms with van der Waals surface area (Å²) < 4.78 is 11.9. The summed E-state index contributed by atoms with van der Waals surface area (Å²) in [6.07, 6.45) is 0. The van der Waals surface area contributed by atoms with Crippen molar-refractivity contribution in [3.05, 3.63) is 23.0 Å². The minimum Gasteiger partial charge on any atom is -0.399 e. The topological polar surface area (TPSA) is 31.4 Å². The maximum Gasteiger partial charge on any atom is 0.496 e. The zero-order valence-electron chi connectivity index (χ0n) is 10.9. The van der Waals surface area contributed by atoms with E-state index in [1.54, 1.807) is 6.07 Å². The van der Waals surface area contributed by atoms with Gasteiger partial charge in [-0.1, -0.05) is 17.7 Å². The normalized spacial score (nSPS) is 21.9. The Morgan fingerprint density at radius 3 is 2.12 bits per heavy atom. The van der Waals surface area contributed by atoms with Crippen molar-refractivity contribution >= 4 is 24.2 Å². The minimum absolute atomic E-state index is 0.330. The summed E-state index contributed by atoms with van der Waals surface area (Å²) in [4.78, 5) is 4.22. The Bertz CT molecular complexity index is 432. The number of aromatic nitrogens is 1. The number of aryl methyl sites for hydroxylation is 1. The van der Waals surface area contributed by atoms with Crippen molar-refractivity contribution in [2.45, 2.75) is 45.8 Å². The van der Waals surface area contributed by atoms with Crippen LogP contribution >= 0.6 is 11.6 Å². The zero-order chi connectivity index (χ0) is 12.8. The molecule has 0 spiro atoms. The SMILES string of the molecule is Cc1nc(Cl)ccc1B1OC(C)(C)C(C)(C)O1. The highest BCUT2D eigenvalue weighted by atomic mass is 35.5. The molecule has 2 heterocycles. The van der Waals surface area contributed by atoms with Gasteiger partial charge in [0.25, 0.3) is 0 Å². The Kier molecular flexibility index (Phi) is 3.01. The maximum atomic E-state index is 5.97. The lowest BCUT2D eigenvalue weighted by molar-refractivity contribution is 0.00578. The van der Waals surface area contributed by atoms with E-state index in [-0.39, 0.29) is 18.3 Å². The summed E-state index contributed by atoms with van der Waals surface area (Å²) in [5, 5.41) is 0.489. The van der Waals surface area contributed by atoms with Gasteiger partial charge in [0, 0.05) is 11.2 Å². The van der Waals surface area contributed by atoms with Crippen LogP contribution in [0, 0.1) is 6.92 Å². The van der Waals surface area contributed by atoms with Gasteiger partial charge in [0.15, 0.2) is 0 Å². The molecular formula is C12H17BClNO2. The molecule has 0 saturated carbocycles. The molecule has 92 valence electrons. The highest BCUT2D eigenvalue weighted by Crippen LogP contribution is 2.36. The first kappa shape index (κ1) is 12.9. The Balaban J connectivity index is 2.32. The fraction of sp³-hybridized carbons (Fsp3) is 0.583. The van der Waals surface area contributed by atoms with E-state index in [4.69, 9.17) is 20.9 Å². The number of rotatable bonds is 1. The lowest BCUT2D eigenvalue weighted by atomic mass is 9.78. The van der Waals surface area contributed by atoms with Crippen LogP contribution in [0.4, 0.5) is 0 Å². The number of hydrogen-bond acceptors (Lipinski definition) is 3. The van der Waals surface area contributed by atoms with Gasteiger partial charge in [-0.15, -0.1) is 0 Å². The number of halogens is 1. The minimum atomic E-state index is -0.371. The van der Waals surface area contributed by atoms with Crippen LogP contribution < -0.4 is 5.46 Å². The van der Waals surface area contributed by atoms with Crippen LogP contribution in [0.15, 0.2) is 12.1 Å². The van der Waals surface area contributed by atoms with Gasteiger partial charge in [0.2, 0.25) is 0 Å². The fourth-order valence-electron chi connectivity index (χ4n) is 1.76. The molecule has 0 radical (unpaired) electrons. The second kappa shape index (κ2) is 3.97. The molecule has 0 aliphatic carbocycles. The van der Waals surface area contributed by atoms with E-state index in [1.165, 1.54) is 0 Å². The van der Waals surface area contributed by atoms with E-state index < -0.39 is 0 Å². The second-order valence-corrected chi connectivity index (χ2v) is 5.78. The van der Waals surface area contributed by atoms with Crippen LogP contribution in [0.2, 0.25) is 5.15 Å². The smallest absolute Gasteiger partial charge is 0.399 e. The molecule has 1 aromatic heterocycles. The molecule has 0 N–H and O–H groups in total. The van der Waals surface area contributed by atoms with Crippen LogP contribution in [0.25, 0.3) is 0 Å². The van der Waals surface area contributed by atoms with Crippen LogP contribution in [0.1, 0.15) is 33.4 Å². The Morgan fingerprint density at radius 1 is 1.12 bits per heavy atom. The summed E-state index contributed by atoms with van der Waals surface area (Å²) in [7, 11) is -0.371. The van der Waals surface area contributed by atoms with Crippen LogP contribution in [0.3, 0.4) is 0 Å². The first-order valence-electron chi connectivity index (χ1n) is 5.72. The third-order valence-electron chi connectivity index (χ3n) is 3.60. The molecule has 1 fully saturated rings. The van der Waals surface area contributed by atoms with E-state index >= 15 is 0 Å². The summed E-state index contributed by atoms with van der Waals surface area (Å²) in [6.45, 7) is 10.0. The van der Waals surface area contributed by atoms with Crippen molar-refractivity contribution in [1.82, 2.24) is 4.98 Å². The molecule has 0 bridgehead atoms. The largest absolute Gasteiger partial charge is 0.496 e. The molecule has 2 rings (SSSR count). The number of hydrogen-bond donors (Lipinski definition) is 0. The van der Waals surface area contributed by atoms with Gasteiger partial charge in [-0.25, -0.2) is 4.98 Å². The van der Waals surface area contributed by atoms with Crippen molar-refractivity contribution in [2.24, 2.45) is 0 Å². The van der Waals surface area contributed by atoms with Crippen molar-refractivity contribution in [3.63, 3.8) is 0 Å². The second-order valence-electron chi connectivity index (χ2n) is 5.40. The van der Waals surface area contributed by atoms with Crippen molar-refractivity contribution in [3.8, 4) is 0 Å². The van der Waals surface area contributed by atoms with Gasteiger partial charge >= 0.3 is 7.12 Å². The highest BCUT2D eigenvalue weighted by Gasteiger charge is 2.52. The van der Waals surface area contributed by atoms with Crippen molar-refractivity contribution in [1.29, 1.82) is 0 Å². The predicted octanol–water partition coefficient (Wildman–Crippen LogP) is 2.34. The quantitative estimate of drug-likeness (QED) is 0.569. The highest BCUT2D eigenvalue weighted by molar-refractivity contribution is 6.62. The molecule has 1 aliphatic heterocycles. The molecule has 1 saturated heterocycles. The summed E-state index contributed by atoms with van der Waals surface area (Å²) in [5.41, 5.74) is 1.12. The van der Waals surface area contributed by atoms with Crippen LogP contribution in [-0.4, -0.2) is 23.3 Å². The standard InChI is InChI=1S/C12H17BClNO2/c1-8-9(6-7-10(14)15-8)13-16-11(2,3)12(4,5)17-13/h6-7H,1-5H3. The summed E-state index contributed by atoms with van der Waals surface area (Å²) in [5.74, 6) is 0. The zero-order valence-corrected chi connectivity index (χ0v) is 11.6. The molecular weight excluding hydrogens is 236 g/mol. The lowest BCUT2D eigenvalue weighted by Gasteiger charge is -2.32. The van der Waals surface area contributed by atoms with E-state index in [9.17, 15) is 0 Å². The van der Waals surface area contributed by atoms with Gasteiger partial charge in [-0.2, -0.15) is 0 Å². The van der Waals surface area contributed by atoms with E-state index in [1.807, 2.05) is 40.7 Å². The molecule has 17 heavy (non-hydrogen) atoms. The lowest BCUT2D eigenvalue weighted by Crippen LogP contribution is -2.41. The average molecular weight is 254 g/mol. The molecule has 0 unspecified atom stereocenters. The Hall–Kier alpha value is -0.575. The maximum absolute atomic E-state index is 5.97. The van der Waals surface area contributed by atoms with Gasteiger partial charge in [0.1, 0.15) is 5.15 Å². The van der Waals surface area contributed by atoms with E-state index in [2.05, 4.69) is 4.98 Å². The van der Waals surface area contributed by atoms with Gasteiger partial charge < -0.3 is 9.31 Å². The first-order chi connectivity index (χ1) is 7.73. The number of pyridine rings is 1. The van der Waals surface area contributed by atoms with Crippen LogP contribution in [0.5, 0.6) is 0 Å². The van der Waals surface area contributed by atoms with E-state index in [0.29, 0.717) is 5.15 Å². The summed E-state index contributed by atoms with van der Waals surface area (Å²) in [6, 6.07) is 3.67. The van der Waals surface area contributed by atoms with Gasteiger partial charge in [0.05, 0.1) is 11.2 Å².